The van der Waals surface area contributed by atoms with Crippen molar-refractivity contribution >= 4 is 11.7 Å². The molecule has 4 heteroatoms. The second-order valence-corrected chi connectivity index (χ2v) is 2.79. The molecule has 1 aromatic heterocycles. The third kappa shape index (κ3) is 1.80. The first-order valence-corrected chi connectivity index (χ1v) is 4.21. The molecule has 0 saturated carbocycles. The van der Waals surface area contributed by atoms with Gasteiger partial charge in [-0.3, -0.25) is 4.79 Å². The molecule has 0 saturated heterocycles. The van der Waals surface area contributed by atoms with Gasteiger partial charge in [0.1, 0.15) is 5.82 Å². The van der Waals surface area contributed by atoms with Gasteiger partial charge in [-0.05, 0) is 12.1 Å². The fourth-order valence-corrected chi connectivity index (χ4v) is 1.11. The third-order valence-corrected chi connectivity index (χ3v) is 1.78. The lowest BCUT2D eigenvalue weighted by atomic mass is 10.2. The van der Waals surface area contributed by atoms with Gasteiger partial charge in [-0.1, -0.05) is 18.2 Å². The first kappa shape index (κ1) is 8.50. The van der Waals surface area contributed by atoms with Crippen molar-refractivity contribution in [1.82, 2.24) is 9.97 Å². The Kier molecular flexibility index (Phi) is 2.27. The maximum Gasteiger partial charge on any atom is 0.256 e. The minimum atomic E-state index is -0.144. The summed E-state index contributed by atoms with van der Waals surface area (Å²) >= 11 is 0. The molecule has 0 aliphatic carbocycles. The predicted octanol–water partition coefficient (Wildman–Crippen LogP) is 1.66. The number of nitrogens with zero attached hydrogens (tertiary/aromatic N) is 1. The van der Waals surface area contributed by atoms with E-state index in [2.05, 4.69) is 15.3 Å². The van der Waals surface area contributed by atoms with Crippen LogP contribution in [0.25, 0.3) is 0 Å². The monoisotopic (exact) mass is 187 g/mol. The second kappa shape index (κ2) is 3.74. The van der Waals surface area contributed by atoms with Crippen LogP contribution in [0.3, 0.4) is 0 Å². The summed E-state index contributed by atoms with van der Waals surface area (Å²) in [5, 5.41) is 2.68. The standard InChI is InChI=1S/C10H9N3O/c14-10(8-4-2-1-3-5-8)13-9-6-11-7-12-9/h1-7H,(H,11,12)(H,13,14). The van der Waals surface area contributed by atoms with Gasteiger partial charge < -0.3 is 10.3 Å². The highest BCUT2D eigenvalue weighted by atomic mass is 16.1. The van der Waals surface area contributed by atoms with Gasteiger partial charge in [-0.25, -0.2) is 4.98 Å². The van der Waals surface area contributed by atoms with E-state index in [0.29, 0.717) is 11.4 Å². The zero-order chi connectivity index (χ0) is 9.80. The lowest BCUT2D eigenvalue weighted by Gasteiger charge is -2.00. The minimum Gasteiger partial charge on any atom is -0.331 e. The number of aromatic nitrogens is 2. The van der Waals surface area contributed by atoms with Gasteiger partial charge in [0.05, 0.1) is 12.5 Å². The Bertz CT molecular complexity index is 408. The molecule has 0 aliphatic rings. The third-order valence-electron chi connectivity index (χ3n) is 1.78. The number of amides is 1. The number of carbonyl (C=O) groups excluding carboxylic acids is 1. The maximum atomic E-state index is 11.6. The van der Waals surface area contributed by atoms with Gasteiger partial charge in [0.25, 0.3) is 5.91 Å². The molecule has 0 unspecified atom stereocenters. The van der Waals surface area contributed by atoms with Crippen LogP contribution in [-0.4, -0.2) is 15.9 Å². The Hall–Kier alpha value is -2.10. The highest BCUT2D eigenvalue weighted by Crippen LogP contribution is 2.04. The van der Waals surface area contributed by atoms with E-state index in [4.69, 9.17) is 0 Å². The molecule has 0 atom stereocenters. The van der Waals surface area contributed by atoms with E-state index in [1.54, 1.807) is 18.3 Å². The number of carbonyl (C=O) groups is 1. The summed E-state index contributed by atoms with van der Waals surface area (Å²) in [6.07, 6.45) is 3.07. The number of rotatable bonds is 2. The number of H-pyrrole nitrogens is 1. The van der Waals surface area contributed by atoms with Crippen molar-refractivity contribution in [2.24, 2.45) is 0 Å². The molecule has 2 aromatic rings. The lowest BCUT2D eigenvalue weighted by molar-refractivity contribution is 0.102. The maximum absolute atomic E-state index is 11.6. The Morgan fingerprint density at radius 3 is 2.71 bits per heavy atom. The molecule has 1 amide bonds. The molecule has 0 radical (unpaired) electrons. The molecule has 2 N–H and O–H groups in total. The second-order valence-electron chi connectivity index (χ2n) is 2.79. The van der Waals surface area contributed by atoms with Crippen LogP contribution < -0.4 is 5.32 Å². The van der Waals surface area contributed by atoms with E-state index in [0.717, 1.165) is 0 Å². The molecule has 0 fully saturated rings. The number of benzene rings is 1. The first-order chi connectivity index (χ1) is 6.86. The number of imidazole rings is 1. The number of aromatic amines is 1. The van der Waals surface area contributed by atoms with Gasteiger partial charge >= 0.3 is 0 Å². The average Bonchev–Trinajstić information content (AvgIpc) is 2.72. The summed E-state index contributed by atoms with van der Waals surface area (Å²) < 4.78 is 0. The quantitative estimate of drug-likeness (QED) is 0.751. The van der Waals surface area contributed by atoms with Crippen molar-refractivity contribution in [3.05, 3.63) is 48.4 Å². The van der Waals surface area contributed by atoms with Crippen LogP contribution in [0.15, 0.2) is 42.9 Å². The number of nitrogens with one attached hydrogen (secondary N) is 2. The summed E-state index contributed by atoms with van der Waals surface area (Å²) in [7, 11) is 0. The predicted molar refractivity (Wildman–Crippen MR) is 53.0 cm³/mol. The van der Waals surface area contributed by atoms with Crippen LogP contribution in [0.1, 0.15) is 10.4 Å². The van der Waals surface area contributed by atoms with Crippen molar-refractivity contribution < 1.29 is 4.79 Å². The summed E-state index contributed by atoms with van der Waals surface area (Å²) in [4.78, 5) is 18.1. The highest BCUT2D eigenvalue weighted by molar-refractivity contribution is 6.03. The highest BCUT2D eigenvalue weighted by Gasteiger charge is 2.04. The Morgan fingerprint density at radius 1 is 1.29 bits per heavy atom. The lowest BCUT2D eigenvalue weighted by Crippen LogP contribution is -2.11. The van der Waals surface area contributed by atoms with E-state index in [1.165, 1.54) is 6.33 Å². The Morgan fingerprint density at radius 2 is 2.07 bits per heavy atom. The zero-order valence-electron chi connectivity index (χ0n) is 7.40. The van der Waals surface area contributed by atoms with Crippen molar-refractivity contribution in [3.8, 4) is 0 Å². The molecule has 0 spiro atoms. The van der Waals surface area contributed by atoms with Crippen LogP contribution in [0.2, 0.25) is 0 Å². The van der Waals surface area contributed by atoms with E-state index in [1.807, 2.05) is 18.2 Å². The summed E-state index contributed by atoms with van der Waals surface area (Å²) in [5.74, 6) is 0.453. The molecule has 1 heterocycles. The molecule has 1 aromatic carbocycles. The molecule has 4 nitrogen and oxygen atoms in total. The van der Waals surface area contributed by atoms with Crippen molar-refractivity contribution in [2.75, 3.05) is 5.32 Å². The van der Waals surface area contributed by atoms with Crippen LogP contribution in [0, 0.1) is 0 Å². The molecule has 0 bridgehead atoms. The fourth-order valence-electron chi connectivity index (χ4n) is 1.11. The average molecular weight is 187 g/mol. The molecule has 2 rings (SSSR count). The first-order valence-electron chi connectivity index (χ1n) is 4.21. The largest absolute Gasteiger partial charge is 0.331 e. The van der Waals surface area contributed by atoms with E-state index in [9.17, 15) is 4.79 Å². The minimum absolute atomic E-state index is 0.144. The zero-order valence-corrected chi connectivity index (χ0v) is 7.40. The topological polar surface area (TPSA) is 57.8 Å². The van der Waals surface area contributed by atoms with Crippen LogP contribution in [-0.2, 0) is 0 Å². The van der Waals surface area contributed by atoms with Gasteiger partial charge in [0.2, 0.25) is 0 Å². The normalized spacial score (nSPS) is 9.71. The number of hydrogen-bond acceptors (Lipinski definition) is 2. The Labute approximate surface area is 81.0 Å². The molecule has 70 valence electrons. The number of hydrogen-bond donors (Lipinski definition) is 2. The fraction of sp³-hybridized carbons (Fsp3) is 0. The van der Waals surface area contributed by atoms with Crippen molar-refractivity contribution in [2.45, 2.75) is 0 Å². The van der Waals surface area contributed by atoms with Gasteiger partial charge in [-0.15, -0.1) is 0 Å². The van der Waals surface area contributed by atoms with E-state index in [-0.39, 0.29) is 5.91 Å². The molecular formula is C10H9N3O. The van der Waals surface area contributed by atoms with E-state index < -0.39 is 0 Å². The molecule has 14 heavy (non-hydrogen) atoms. The van der Waals surface area contributed by atoms with Crippen LogP contribution in [0.4, 0.5) is 5.82 Å². The number of anilines is 1. The SMILES string of the molecule is O=C(Nc1cnc[nH]1)c1ccccc1. The van der Waals surface area contributed by atoms with Crippen molar-refractivity contribution in [1.29, 1.82) is 0 Å². The van der Waals surface area contributed by atoms with Crippen LogP contribution in [0.5, 0.6) is 0 Å². The molecule has 0 aliphatic heterocycles. The van der Waals surface area contributed by atoms with Crippen molar-refractivity contribution in [3.63, 3.8) is 0 Å². The Balaban J connectivity index is 2.11. The van der Waals surface area contributed by atoms with Crippen LogP contribution >= 0.6 is 0 Å². The summed E-state index contributed by atoms with van der Waals surface area (Å²) in [5.41, 5.74) is 0.627. The van der Waals surface area contributed by atoms with E-state index >= 15 is 0 Å². The van der Waals surface area contributed by atoms with Gasteiger partial charge in [0, 0.05) is 5.56 Å². The summed E-state index contributed by atoms with van der Waals surface area (Å²) in [6, 6.07) is 9.02. The summed E-state index contributed by atoms with van der Waals surface area (Å²) in [6.45, 7) is 0. The van der Waals surface area contributed by atoms with Gasteiger partial charge in [0.15, 0.2) is 0 Å². The molecular weight excluding hydrogens is 178 g/mol. The smallest absolute Gasteiger partial charge is 0.256 e. The van der Waals surface area contributed by atoms with Gasteiger partial charge in [-0.2, -0.15) is 0 Å².